The number of piperidine rings is 1. The number of likely N-dealkylation sites (tertiary alicyclic amines) is 1. The summed E-state index contributed by atoms with van der Waals surface area (Å²) in [5.41, 5.74) is 4.68. The molecule has 1 amide bonds. The second-order valence-corrected chi connectivity index (χ2v) is 9.50. The summed E-state index contributed by atoms with van der Waals surface area (Å²) in [7, 11) is 4.16. The van der Waals surface area contributed by atoms with Crippen LogP contribution in [0.2, 0.25) is 0 Å². The molecule has 1 aliphatic rings. The number of aromatic nitrogens is 2. The average Bonchev–Trinajstić information content (AvgIpc) is 3.28. The van der Waals surface area contributed by atoms with E-state index in [2.05, 4.69) is 45.0 Å². The molecule has 36 heavy (non-hydrogen) atoms. The molecule has 3 heterocycles. The van der Waals surface area contributed by atoms with Gasteiger partial charge in [0.05, 0.1) is 6.54 Å². The predicted octanol–water partition coefficient (Wildman–Crippen LogP) is 4.97. The van der Waals surface area contributed by atoms with Gasteiger partial charge in [-0.05, 0) is 86.9 Å². The molecule has 2 aromatic heterocycles. The van der Waals surface area contributed by atoms with E-state index < -0.39 is 0 Å². The van der Waals surface area contributed by atoms with Crippen LogP contribution in [0.5, 0.6) is 0 Å². The molecule has 1 N–H and O–H groups in total. The molecule has 0 bridgehead atoms. The van der Waals surface area contributed by atoms with E-state index >= 15 is 0 Å². The number of carbonyl (C=O) groups excluding carboxylic acids is 2. The van der Waals surface area contributed by atoms with Crippen LogP contribution in [0, 0.1) is 0 Å². The fraction of sp³-hybridized carbons (Fsp3) is 0.276. The number of anilines is 3. The standard InChI is InChI=1S/C29H31N5O2/c1-32-14-10-22(11-15-32)21-3-5-23(6-4-21)29(36)31-28-20-26(9-13-30-28)34(17-18-35)25-7-8-27-24(19-25)12-16-33(27)2/h3-9,12-13,16,18-20,22H,10-11,14-15,17H2,1-2H3,(H,30,31,36). The molecule has 0 atom stereocenters. The smallest absolute Gasteiger partial charge is 0.256 e. The van der Waals surface area contributed by atoms with Crippen LogP contribution in [0.1, 0.15) is 34.7 Å². The molecule has 0 aliphatic carbocycles. The molecule has 7 nitrogen and oxygen atoms in total. The van der Waals surface area contributed by atoms with Crippen LogP contribution in [0.3, 0.4) is 0 Å². The van der Waals surface area contributed by atoms with E-state index in [4.69, 9.17) is 0 Å². The SMILES string of the molecule is CN1CCC(c2ccc(C(=O)Nc3cc(N(CC=O)c4ccc5c(ccn5C)c4)ccn3)cc2)CC1. The van der Waals surface area contributed by atoms with Gasteiger partial charge in [0.1, 0.15) is 12.1 Å². The highest BCUT2D eigenvalue weighted by Crippen LogP contribution is 2.30. The normalized spacial score (nSPS) is 14.6. The van der Waals surface area contributed by atoms with Crippen molar-refractivity contribution in [2.75, 3.05) is 36.9 Å². The minimum Gasteiger partial charge on any atom is -0.351 e. The van der Waals surface area contributed by atoms with Crippen LogP contribution in [-0.4, -0.2) is 53.3 Å². The number of fused-ring (bicyclic) bond motifs is 1. The van der Waals surface area contributed by atoms with E-state index in [0.29, 0.717) is 17.3 Å². The molecule has 5 rings (SSSR count). The molecule has 0 spiro atoms. The zero-order valence-electron chi connectivity index (χ0n) is 20.7. The second-order valence-electron chi connectivity index (χ2n) is 9.50. The summed E-state index contributed by atoms with van der Waals surface area (Å²) in [5, 5.41) is 4.00. The minimum absolute atomic E-state index is 0.189. The minimum atomic E-state index is -0.206. The molecular weight excluding hydrogens is 450 g/mol. The number of nitrogens with zero attached hydrogens (tertiary/aromatic N) is 4. The average molecular weight is 482 g/mol. The Morgan fingerprint density at radius 2 is 1.78 bits per heavy atom. The number of aldehydes is 1. The van der Waals surface area contributed by atoms with Gasteiger partial charge in [-0.3, -0.25) is 4.79 Å². The Morgan fingerprint density at radius 1 is 1.03 bits per heavy atom. The number of rotatable bonds is 7. The maximum absolute atomic E-state index is 12.9. The molecule has 1 fully saturated rings. The van der Waals surface area contributed by atoms with Crippen molar-refractivity contribution in [1.82, 2.24) is 14.5 Å². The lowest BCUT2D eigenvalue weighted by atomic mass is 9.89. The van der Waals surface area contributed by atoms with Gasteiger partial charge in [-0.15, -0.1) is 0 Å². The van der Waals surface area contributed by atoms with Crippen LogP contribution in [0.15, 0.2) is 73.1 Å². The highest BCUT2D eigenvalue weighted by Gasteiger charge is 2.19. The van der Waals surface area contributed by atoms with E-state index in [-0.39, 0.29) is 12.5 Å². The summed E-state index contributed by atoms with van der Waals surface area (Å²) < 4.78 is 2.06. The van der Waals surface area contributed by atoms with Crippen molar-refractivity contribution in [1.29, 1.82) is 0 Å². The summed E-state index contributed by atoms with van der Waals surface area (Å²) >= 11 is 0. The van der Waals surface area contributed by atoms with Crippen molar-refractivity contribution in [3.05, 3.63) is 84.2 Å². The summed E-state index contributed by atoms with van der Waals surface area (Å²) in [6.45, 7) is 2.40. The van der Waals surface area contributed by atoms with Crippen molar-refractivity contribution in [2.45, 2.75) is 18.8 Å². The topological polar surface area (TPSA) is 70.5 Å². The van der Waals surface area contributed by atoms with Gasteiger partial charge in [0.15, 0.2) is 0 Å². The van der Waals surface area contributed by atoms with Crippen molar-refractivity contribution in [3.63, 3.8) is 0 Å². The van der Waals surface area contributed by atoms with Gasteiger partial charge in [-0.2, -0.15) is 0 Å². The molecular formula is C29H31N5O2. The number of hydrogen-bond donors (Lipinski definition) is 1. The summed E-state index contributed by atoms with van der Waals surface area (Å²) in [5.74, 6) is 0.784. The van der Waals surface area contributed by atoms with Gasteiger partial charge in [-0.1, -0.05) is 12.1 Å². The van der Waals surface area contributed by atoms with Crippen molar-refractivity contribution in [2.24, 2.45) is 7.05 Å². The summed E-state index contributed by atoms with van der Waals surface area (Å²) in [6.07, 6.45) is 6.83. The van der Waals surface area contributed by atoms with Crippen molar-refractivity contribution >= 4 is 40.3 Å². The maximum Gasteiger partial charge on any atom is 0.256 e. The molecule has 0 saturated carbocycles. The van der Waals surface area contributed by atoms with Gasteiger partial charge in [0.25, 0.3) is 5.91 Å². The van der Waals surface area contributed by atoms with E-state index in [9.17, 15) is 9.59 Å². The number of amides is 1. The first kappa shape index (κ1) is 23.8. The lowest BCUT2D eigenvalue weighted by Gasteiger charge is -2.29. The summed E-state index contributed by atoms with van der Waals surface area (Å²) in [4.78, 5) is 33.0. The molecule has 0 unspecified atom stereocenters. The Hall–Kier alpha value is -3.97. The molecule has 2 aromatic carbocycles. The van der Waals surface area contributed by atoms with E-state index in [1.165, 1.54) is 5.56 Å². The zero-order chi connectivity index (χ0) is 25.1. The third kappa shape index (κ3) is 5.02. The van der Waals surface area contributed by atoms with Gasteiger partial charge in [0.2, 0.25) is 0 Å². The molecule has 7 heteroatoms. The maximum atomic E-state index is 12.9. The fourth-order valence-electron chi connectivity index (χ4n) is 4.96. The molecule has 1 saturated heterocycles. The summed E-state index contributed by atoms with van der Waals surface area (Å²) in [6, 6.07) is 19.7. The van der Waals surface area contributed by atoms with Crippen LogP contribution < -0.4 is 10.2 Å². The first-order valence-corrected chi connectivity index (χ1v) is 12.3. The predicted molar refractivity (Wildman–Crippen MR) is 144 cm³/mol. The highest BCUT2D eigenvalue weighted by atomic mass is 16.1. The third-order valence-corrected chi connectivity index (χ3v) is 7.10. The van der Waals surface area contributed by atoms with E-state index in [1.807, 2.05) is 54.5 Å². The Balaban J connectivity index is 1.32. The lowest BCUT2D eigenvalue weighted by Crippen LogP contribution is -2.29. The van der Waals surface area contributed by atoms with Gasteiger partial charge in [-0.25, -0.2) is 4.98 Å². The van der Waals surface area contributed by atoms with Crippen LogP contribution in [-0.2, 0) is 11.8 Å². The lowest BCUT2D eigenvalue weighted by molar-refractivity contribution is -0.106. The Morgan fingerprint density at radius 3 is 2.53 bits per heavy atom. The molecule has 4 aromatic rings. The number of hydrogen-bond acceptors (Lipinski definition) is 5. The molecule has 184 valence electrons. The highest BCUT2D eigenvalue weighted by molar-refractivity contribution is 6.04. The number of nitrogens with one attached hydrogen (secondary N) is 1. The van der Waals surface area contributed by atoms with Gasteiger partial charge >= 0.3 is 0 Å². The third-order valence-electron chi connectivity index (χ3n) is 7.10. The molecule has 0 radical (unpaired) electrons. The van der Waals surface area contributed by atoms with Crippen molar-refractivity contribution in [3.8, 4) is 0 Å². The quantitative estimate of drug-likeness (QED) is 0.377. The first-order valence-electron chi connectivity index (χ1n) is 12.3. The van der Waals surface area contributed by atoms with E-state index in [1.54, 1.807) is 12.3 Å². The van der Waals surface area contributed by atoms with Gasteiger partial charge < -0.3 is 24.5 Å². The number of aryl methyl sites for hydroxylation is 1. The first-order chi connectivity index (χ1) is 17.5. The van der Waals surface area contributed by atoms with Crippen LogP contribution in [0.4, 0.5) is 17.2 Å². The second kappa shape index (κ2) is 10.3. The van der Waals surface area contributed by atoms with E-state index in [0.717, 1.165) is 54.5 Å². The number of benzene rings is 2. The zero-order valence-corrected chi connectivity index (χ0v) is 20.7. The van der Waals surface area contributed by atoms with Crippen LogP contribution >= 0.6 is 0 Å². The Kier molecular flexibility index (Phi) is 6.82. The number of pyridine rings is 1. The monoisotopic (exact) mass is 481 g/mol. The Labute approximate surface area is 211 Å². The van der Waals surface area contributed by atoms with Crippen LogP contribution in [0.25, 0.3) is 10.9 Å². The van der Waals surface area contributed by atoms with Gasteiger partial charge in [0, 0.05) is 53.3 Å². The largest absolute Gasteiger partial charge is 0.351 e. The van der Waals surface area contributed by atoms with Crippen molar-refractivity contribution < 1.29 is 9.59 Å². The Bertz CT molecular complexity index is 1370. The fourth-order valence-corrected chi connectivity index (χ4v) is 4.96. The number of carbonyl (C=O) groups is 2. The molecule has 1 aliphatic heterocycles.